The van der Waals surface area contributed by atoms with Gasteiger partial charge >= 0.3 is 6.18 Å². The maximum atomic E-state index is 12.8. The minimum Gasteiger partial charge on any atom is -0.478 e. The van der Waals surface area contributed by atoms with E-state index in [0.29, 0.717) is 19.6 Å². The van der Waals surface area contributed by atoms with Gasteiger partial charge in [0.1, 0.15) is 5.82 Å². The van der Waals surface area contributed by atoms with E-state index in [4.69, 9.17) is 9.47 Å². The summed E-state index contributed by atoms with van der Waals surface area (Å²) in [6, 6.07) is 1.89. The fourth-order valence-electron chi connectivity index (χ4n) is 1.47. The summed E-state index contributed by atoms with van der Waals surface area (Å²) in [4.78, 5) is 4.01. The van der Waals surface area contributed by atoms with E-state index in [2.05, 4.69) is 10.3 Å². The Morgan fingerprint density at radius 2 is 2.00 bits per heavy atom. The highest BCUT2D eigenvalue weighted by Crippen LogP contribution is 2.32. The van der Waals surface area contributed by atoms with Gasteiger partial charge in [-0.3, -0.25) is 0 Å². The molecule has 0 bridgehead atoms. The second-order valence-corrected chi connectivity index (χ2v) is 4.20. The molecular weight excluding hydrogens is 273 g/mol. The van der Waals surface area contributed by atoms with Crippen molar-refractivity contribution in [3.8, 4) is 5.88 Å². The maximum Gasteiger partial charge on any atom is 0.416 e. The van der Waals surface area contributed by atoms with Crippen LogP contribution >= 0.6 is 0 Å². The van der Waals surface area contributed by atoms with Crippen LogP contribution in [-0.2, 0) is 10.9 Å². The van der Waals surface area contributed by atoms with Gasteiger partial charge in [0.15, 0.2) is 0 Å². The summed E-state index contributed by atoms with van der Waals surface area (Å²) < 4.78 is 48.4. The van der Waals surface area contributed by atoms with E-state index in [1.54, 1.807) is 7.11 Å². The highest BCUT2D eigenvalue weighted by Gasteiger charge is 2.32. The zero-order chi connectivity index (χ0) is 15.0. The van der Waals surface area contributed by atoms with Crippen LogP contribution < -0.4 is 10.1 Å². The molecule has 1 rings (SSSR count). The van der Waals surface area contributed by atoms with Gasteiger partial charge < -0.3 is 14.8 Å². The summed E-state index contributed by atoms with van der Waals surface area (Å²) in [6.07, 6.45) is -3.04. The average Bonchev–Trinajstić information content (AvgIpc) is 2.40. The maximum absolute atomic E-state index is 12.8. The van der Waals surface area contributed by atoms with Crippen LogP contribution in [0.15, 0.2) is 12.1 Å². The Morgan fingerprint density at radius 3 is 2.60 bits per heavy atom. The molecule has 0 amide bonds. The van der Waals surface area contributed by atoms with E-state index in [1.165, 1.54) is 0 Å². The minimum absolute atomic E-state index is 0.0328. The summed E-state index contributed by atoms with van der Waals surface area (Å²) in [6.45, 7) is 3.22. The Labute approximate surface area is 116 Å². The first-order valence-electron chi connectivity index (χ1n) is 6.42. The lowest BCUT2D eigenvalue weighted by molar-refractivity contribution is -0.137. The molecule has 0 fully saturated rings. The van der Waals surface area contributed by atoms with E-state index in [9.17, 15) is 13.2 Å². The van der Waals surface area contributed by atoms with Gasteiger partial charge in [0.25, 0.3) is 0 Å². The van der Waals surface area contributed by atoms with Gasteiger partial charge in [-0.25, -0.2) is 0 Å². The molecule has 1 N–H and O–H groups in total. The van der Waals surface area contributed by atoms with Crippen molar-refractivity contribution < 1.29 is 22.6 Å². The molecule has 0 aliphatic heterocycles. The molecular formula is C13H19F3N2O2. The molecule has 0 saturated carbocycles. The number of aromatic nitrogens is 1. The first kappa shape index (κ1) is 16.6. The first-order chi connectivity index (χ1) is 9.47. The highest BCUT2D eigenvalue weighted by molar-refractivity contribution is 5.42. The third kappa shape index (κ3) is 5.64. The van der Waals surface area contributed by atoms with Crippen LogP contribution in [0.2, 0.25) is 0 Å². The van der Waals surface area contributed by atoms with E-state index in [1.807, 2.05) is 6.92 Å². The Morgan fingerprint density at radius 1 is 1.25 bits per heavy atom. The van der Waals surface area contributed by atoms with Gasteiger partial charge in [-0.1, -0.05) is 6.92 Å². The molecule has 0 atom stereocenters. The van der Waals surface area contributed by atoms with E-state index < -0.39 is 11.7 Å². The van der Waals surface area contributed by atoms with Crippen LogP contribution in [-0.4, -0.2) is 31.9 Å². The summed E-state index contributed by atoms with van der Waals surface area (Å²) in [5.74, 6) is 0.137. The van der Waals surface area contributed by atoms with E-state index in [-0.39, 0.29) is 18.3 Å². The molecule has 4 nitrogen and oxygen atoms in total. The second-order valence-electron chi connectivity index (χ2n) is 4.20. The minimum atomic E-state index is -4.42. The highest BCUT2D eigenvalue weighted by atomic mass is 19.4. The van der Waals surface area contributed by atoms with Crippen molar-refractivity contribution in [3.63, 3.8) is 0 Å². The molecule has 1 heterocycles. The number of hydrogen-bond acceptors (Lipinski definition) is 4. The molecule has 0 aromatic carbocycles. The van der Waals surface area contributed by atoms with Crippen molar-refractivity contribution in [2.24, 2.45) is 0 Å². The Balaban J connectivity index is 2.80. The zero-order valence-electron chi connectivity index (χ0n) is 11.6. The van der Waals surface area contributed by atoms with Gasteiger partial charge in [0, 0.05) is 32.7 Å². The monoisotopic (exact) mass is 292 g/mol. The zero-order valence-corrected chi connectivity index (χ0v) is 11.6. The third-order valence-corrected chi connectivity index (χ3v) is 2.43. The van der Waals surface area contributed by atoms with Crippen LogP contribution in [0.25, 0.3) is 0 Å². The van der Waals surface area contributed by atoms with Crippen molar-refractivity contribution in [1.82, 2.24) is 4.98 Å². The standard InChI is InChI=1S/C13H19F3N2O2/c1-3-5-17-11-8-10(13(14,15)16)9-12(18-11)20-7-4-6-19-2/h8-9H,3-7H2,1-2H3,(H,17,18). The molecule has 0 unspecified atom stereocenters. The predicted octanol–water partition coefficient (Wildman–Crippen LogP) is 3.34. The second kappa shape index (κ2) is 7.94. The number of ether oxygens (including phenoxy) is 2. The van der Waals surface area contributed by atoms with Gasteiger partial charge in [0.05, 0.1) is 12.2 Å². The van der Waals surface area contributed by atoms with Crippen LogP contribution in [0.5, 0.6) is 5.88 Å². The molecule has 1 aromatic heterocycles. The smallest absolute Gasteiger partial charge is 0.416 e. The number of anilines is 1. The molecule has 7 heteroatoms. The number of nitrogens with zero attached hydrogens (tertiary/aromatic N) is 1. The van der Waals surface area contributed by atoms with Crippen LogP contribution in [0.3, 0.4) is 0 Å². The molecule has 0 spiro atoms. The van der Waals surface area contributed by atoms with Crippen molar-refractivity contribution in [2.75, 3.05) is 32.2 Å². The van der Waals surface area contributed by atoms with Gasteiger partial charge in [-0.15, -0.1) is 0 Å². The Bertz CT molecular complexity index is 411. The average molecular weight is 292 g/mol. The third-order valence-electron chi connectivity index (χ3n) is 2.43. The number of rotatable bonds is 8. The normalized spacial score (nSPS) is 11.4. The first-order valence-corrected chi connectivity index (χ1v) is 6.42. The van der Waals surface area contributed by atoms with Crippen LogP contribution in [0.4, 0.5) is 19.0 Å². The Kier molecular flexibility index (Phi) is 6.57. The number of alkyl halides is 3. The van der Waals surface area contributed by atoms with Crippen LogP contribution in [0.1, 0.15) is 25.3 Å². The number of halogens is 3. The lowest BCUT2D eigenvalue weighted by Crippen LogP contribution is -2.11. The molecule has 0 saturated heterocycles. The predicted molar refractivity (Wildman–Crippen MR) is 70.0 cm³/mol. The van der Waals surface area contributed by atoms with Crippen LogP contribution in [0, 0.1) is 0 Å². The number of nitrogens with one attached hydrogen (secondary N) is 1. The fraction of sp³-hybridized carbons (Fsp3) is 0.615. The van der Waals surface area contributed by atoms with Crippen molar-refractivity contribution in [1.29, 1.82) is 0 Å². The Hall–Kier alpha value is -1.50. The van der Waals surface area contributed by atoms with Gasteiger partial charge in [-0.2, -0.15) is 18.2 Å². The molecule has 20 heavy (non-hydrogen) atoms. The summed E-state index contributed by atoms with van der Waals surface area (Å²) in [5.41, 5.74) is -0.771. The quantitative estimate of drug-likeness (QED) is 0.746. The molecule has 1 aromatic rings. The number of pyridine rings is 1. The SMILES string of the molecule is CCCNc1cc(C(F)(F)F)cc(OCCCOC)n1. The van der Waals surface area contributed by atoms with Crippen molar-refractivity contribution >= 4 is 5.82 Å². The van der Waals surface area contributed by atoms with Crippen molar-refractivity contribution in [2.45, 2.75) is 25.9 Å². The molecule has 0 radical (unpaired) electrons. The summed E-state index contributed by atoms with van der Waals surface area (Å²) in [7, 11) is 1.55. The van der Waals surface area contributed by atoms with Gasteiger partial charge in [-0.05, 0) is 12.5 Å². The largest absolute Gasteiger partial charge is 0.478 e. The fourth-order valence-corrected chi connectivity index (χ4v) is 1.47. The van der Waals surface area contributed by atoms with Crippen molar-refractivity contribution in [3.05, 3.63) is 17.7 Å². The lowest BCUT2D eigenvalue weighted by atomic mass is 10.2. The molecule has 0 aliphatic rings. The summed E-state index contributed by atoms with van der Waals surface area (Å²) >= 11 is 0. The van der Waals surface area contributed by atoms with E-state index in [0.717, 1.165) is 18.6 Å². The molecule has 114 valence electrons. The number of hydrogen-bond donors (Lipinski definition) is 1. The topological polar surface area (TPSA) is 43.4 Å². The summed E-state index contributed by atoms with van der Waals surface area (Å²) in [5, 5.41) is 2.83. The van der Waals surface area contributed by atoms with Gasteiger partial charge in [0.2, 0.25) is 5.88 Å². The lowest BCUT2D eigenvalue weighted by Gasteiger charge is -2.13. The molecule has 0 aliphatic carbocycles. The number of methoxy groups -OCH3 is 1. The van der Waals surface area contributed by atoms with E-state index >= 15 is 0 Å².